The van der Waals surface area contributed by atoms with Gasteiger partial charge in [0.15, 0.2) is 0 Å². The van der Waals surface area contributed by atoms with Crippen LogP contribution in [0.15, 0.2) is 41.3 Å². The van der Waals surface area contributed by atoms with Crippen LogP contribution in [-0.4, -0.2) is 15.0 Å². The van der Waals surface area contributed by atoms with Crippen LogP contribution in [0, 0.1) is 13.8 Å². The van der Waals surface area contributed by atoms with E-state index in [0.29, 0.717) is 17.4 Å². The predicted octanol–water partition coefficient (Wildman–Crippen LogP) is 4.12. The van der Waals surface area contributed by atoms with E-state index in [1.807, 2.05) is 6.92 Å². The Morgan fingerprint density at radius 1 is 1.00 bits per heavy atom. The first kappa shape index (κ1) is 16.6. The van der Waals surface area contributed by atoms with E-state index < -0.39 is 10.1 Å². The Morgan fingerprint density at radius 3 is 2.05 bits per heavy atom. The highest BCUT2D eigenvalue weighted by molar-refractivity contribution is 7.87. The fraction of sp³-hybridized carbons (Fsp3) is 0.250. The molecule has 22 heavy (non-hydrogen) atoms. The zero-order valence-corrected chi connectivity index (χ0v) is 14.2. The molecule has 0 saturated heterocycles. The summed E-state index contributed by atoms with van der Waals surface area (Å²) in [5, 5.41) is 0.603. The number of halogens is 1. The van der Waals surface area contributed by atoms with Crippen LogP contribution < -0.4 is 8.92 Å². The second-order valence-corrected chi connectivity index (χ2v) is 6.74. The summed E-state index contributed by atoms with van der Waals surface area (Å²) in [7, 11) is -3.89. The van der Waals surface area contributed by atoms with E-state index in [9.17, 15) is 8.42 Å². The van der Waals surface area contributed by atoms with Crippen molar-refractivity contribution in [2.75, 3.05) is 6.61 Å². The molecular formula is C16H17ClO4S. The Balaban J connectivity index is 2.27. The van der Waals surface area contributed by atoms with Gasteiger partial charge in [-0.25, -0.2) is 0 Å². The smallest absolute Gasteiger partial charge is 0.339 e. The fourth-order valence-electron chi connectivity index (χ4n) is 2.00. The van der Waals surface area contributed by atoms with Crippen molar-refractivity contribution in [1.29, 1.82) is 0 Å². The highest BCUT2D eigenvalue weighted by atomic mass is 35.5. The Labute approximate surface area is 135 Å². The van der Waals surface area contributed by atoms with E-state index in [1.165, 1.54) is 12.1 Å². The van der Waals surface area contributed by atoms with Gasteiger partial charge in [-0.3, -0.25) is 0 Å². The topological polar surface area (TPSA) is 52.6 Å². The molecule has 2 rings (SSSR count). The first-order chi connectivity index (χ1) is 10.3. The molecule has 0 heterocycles. The van der Waals surface area contributed by atoms with Gasteiger partial charge in [0, 0.05) is 5.02 Å². The monoisotopic (exact) mass is 340 g/mol. The van der Waals surface area contributed by atoms with E-state index in [4.69, 9.17) is 20.5 Å². The molecule has 0 atom stereocenters. The molecule has 0 aliphatic carbocycles. The third-order valence-corrected chi connectivity index (χ3v) is 4.90. The summed E-state index contributed by atoms with van der Waals surface area (Å²) in [5.74, 6) is 0.855. The molecule has 118 valence electrons. The van der Waals surface area contributed by atoms with Crippen LogP contribution in [0.2, 0.25) is 5.02 Å². The molecule has 0 saturated carbocycles. The van der Waals surface area contributed by atoms with Crippen LogP contribution in [0.4, 0.5) is 0 Å². The van der Waals surface area contributed by atoms with E-state index in [1.54, 1.807) is 38.1 Å². The molecule has 0 N–H and O–H groups in total. The maximum absolute atomic E-state index is 12.3. The normalized spacial score (nSPS) is 11.3. The van der Waals surface area contributed by atoms with Gasteiger partial charge in [0.1, 0.15) is 16.4 Å². The molecule has 6 heteroatoms. The summed E-state index contributed by atoms with van der Waals surface area (Å²) in [6.45, 7) is 5.97. The maximum atomic E-state index is 12.3. The molecule has 0 aliphatic rings. The summed E-state index contributed by atoms with van der Waals surface area (Å²) in [5.41, 5.74) is 1.53. The molecule has 0 bridgehead atoms. The first-order valence-electron chi connectivity index (χ1n) is 6.77. The molecule has 0 aromatic heterocycles. The number of benzene rings is 2. The van der Waals surface area contributed by atoms with Crippen molar-refractivity contribution in [3.63, 3.8) is 0 Å². The molecule has 4 nitrogen and oxygen atoms in total. The van der Waals surface area contributed by atoms with Crippen molar-refractivity contribution in [2.24, 2.45) is 0 Å². The lowest BCUT2D eigenvalue weighted by molar-refractivity contribution is 0.340. The predicted molar refractivity (Wildman–Crippen MR) is 86.4 cm³/mol. The van der Waals surface area contributed by atoms with Gasteiger partial charge in [-0.15, -0.1) is 0 Å². The third-order valence-electron chi connectivity index (χ3n) is 3.04. The van der Waals surface area contributed by atoms with Gasteiger partial charge in [-0.05, 0) is 68.3 Å². The van der Waals surface area contributed by atoms with Crippen molar-refractivity contribution >= 4 is 21.7 Å². The first-order valence-corrected chi connectivity index (χ1v) is 8.56. The zero-order valence-electron chi connectivity index (χ0n) is 12.6. The zero-order chi connectivity index (χ0) is 16.3. The van der Waals surface area contributed by atoms with Gasteiger partial charge in [-0.2, -0.15) is 8.42 Å². The molecule has 0 unspecified atom stereocenters. The van der Waals surface area contributed by atoms with Crippen LogP contribution >= 0.6 is 11.6 Å². The van der Waals surface area contributed by atoms with Crippen molar-refractivity contribution in [3.8, 4) is 11.5 Å². The maximum Gasteiger partial charge on any atom is 0.339 e. The number of ether oxygens (including phenoxy) is 1. The van der Waals surface area contributed by atoms with Crippen LogP contribution in [0.1, 0.15) is 18.1 Å². The van der Waals surface area contributed by atoms with E-state index in [-0.39, 0.29) is 10.6 Å². The summed E-state index contributed by atoms with van der Waals surface area (Å²) in [6.07, 6.45) is 0. The number of hydrogen-bond donors (Lipinski definition) is 0. The lowest BCUT2D eigenvalue weighted by Crippen LogP contribution is -2.10. The Kier molecular flexibility index (Phi) is 4.98. The Hall–Kier alpha value is -1.72. The Morgan fingerprint density at radius 2 is 1.55 bits per heavy atom. The van der Waals surface area contributed by atoms with Gasteiger partial charge in [-0.1, -0.05) is 11.6 Å². The lowest BCUT2D eigenvalue weighted by atomic mass is 10.1. The van der Waals surface area contributed by atoms with Crippen LogP contribution in [0.5, 0.6) is 11.5 Å². The van der Waals surface area contributed by atoms with E-state index in [2.05, 4.69) is 0 Å². The highest BCUT2D eigenvalue weighted by Crippen LogP contribution is 2.28. The second-order valence-electron chi connectivity index (χ2n) is 4.81. The largest absolute Gasteiger partial charge is 0.494 e. The van der Waals surface area contributed by atoms with E-state index >= 15 is 0 Å². The minimum atomic E-state index is -3.89. The number of aryl methyl sites for hydroxylation is 2. The molecule has 0 spiro atoms. The van der Waals surface area contributed by atoms with Crippen LogP contribution in [0.3, 0.4) is 0 Å². The van der Waals surface area contributed by atoms with Crippen molar-refractivity contribution in [3.05, 3.63) is 52.5 Å². The number of hydrogen-bond acceptors (Lipinski definition) is 4. The van der Waals surface area contributed by atoms with Gasteiger partial charge >= 0.3 is 10.1 Å². The van der Waals surface area contributed by atoms with Crippen molar-refractivity contribution < 1.29 is 17.3 Å². The Bertz CT molecular complexity index is 744. The van der Waals surface area contributed by atoms with Gasteiger partial charge in [0.25, 0.3) is 0 Å². The summed E-state index contributed by atoms with van der Waals surface area (Å²) in [6, 6.07) is 9.30. The average Bonchev–Trinajstić information content (AvgIpc) is 2.45. The number of rotatable bonds is 5. The fourth-order valence-corrected chi connectivity index (χ4v) is 3.02. The average molecular weight is 341 g/mol. The minimum absolute atomic E-state index is 0.0706. The summed E-state index contributed by atoms with van der Waals surface area (Å²) in [4.78, 5) is 0.0706. The lowest BCUT2D eigenvalue weighted by Gasteiger charge is -2.10. The van der Waals surface area contributed by atoms with Crippen molar-refractivity contribution in [2.45, 2.75) is 25.7 Å². The highest BCUT2D eigenvalue weighted by Gasteiger charge is 2.17. The van der Waals surface area contributed by atoms with E-state index in [0.717, 1.165) is 11.1 Å². The molecule has 0 aliphatic heterocycles. The molecule has 2 aromatic carbocycles. The standard InChI is InChI=1S/C16H17ClO4S/c1-4-20-13-5-7-15(8-6-13)22(18,19)21-14-9-11(2)16(17)12(3)10-14/h5-10H,4H2,1-3H3. The van der Waals surface area contributed by atoms with Gasteiger partial charge < -0.3 is 8.92 Å². The molecule has 0 amide bonds. The quantitative estimate of drug-likeness (QED) is 0.768. The SMILES string of the molecule is CCOc1ccc(S(=O)(=O)Oc2cc(C)c(Cl)c(C)c2)cc1. The van der Waals surface area contributed by atoms with Crippen LogP contribution in [-0.2, 0) is 10.1 Å². The molecular weight excluding hydrogens is 324 g/mol. The third kappa shape index (κ3) is 3.72. The summed E-state index contributed by atoms with van der Waals surface area (Å²) >= 11 is 6.07. The van der Waals surface area contributed by atoms with Crippen molar-refractivity contribution in [1.82, 2.24) is 0 Å². The minimum Gasteiger partial charge on any atom is -0.494 e. The van der Waals surface area contributed by atoms with Gasteiger partial charge in [0.05, 0.1) is 6.61 Å². The second kappa shape index (κ2) is 6.58. The molecule has 2 aromatic rings. The van der Waals surface area contributed by atoms with Crippen LogP contribution in [0.25, 0.3) is 0 Å². The molecule has 0 radical (unpaired) electrons. The summed E-state index contributed by atoms with van der Waals surface area (Å²) < 4.78 is 35.0. The van der Waals surface area contributed by atoms with Gasteiger partial charge in [0.2, 0.25) is 0 Å². The molecule has 0 fully saturated rings.